The zero-order valence-corrected chi connectivity index (χ0v) is 11.9. The van der Waals surface area contributed by atoms with Gasteiger partial charge in [-0.15, -0.1) is 0 Å². The van der Waals surface area contributed by atoms with Crippen LogP contribution in [-0.2, 0) is 11.4 Å². The Bertz CT molecular complexity index is 233. The van der Waals surface area contributed by atoms with E-state index in [1.807, 2.05) is 0 Å². The molecule has 0 atom stereocenters. The van der Waals surface area contributed by atoms with Gasteiger partial charge in [0, 0.05) is 0 Å². The molecule has 0 spiro atoms. The third-order valence-corrected chi connectivity index (χ3v) is 5.85. The van der Waals surface area contributed by atoms with Crippen LogP contribution in [0.2, 0.25) is 4.98 Å². The van der Waals surface area contributed by atoms with E-state index in [-0.39, 0.29) is 24.1 Å². The summed E-state index contributed by atoms with van der Waals surface area (Å²) >= 11 is -0.315. The van der Waals surface area contributed by atoms with Gasteiger partial charge in [-0.1, -0.05) is 0 Å². The van der Waals surface area contributed by atoms with Crippen molar-refractivity contribution in [3.63, 3.8) is 0 Å². The van der Waals surface area contributed by atoms with Gasteiger partial charge in [0.05, 0.1) is 0 Å². The van der Waals surface area contributed by atoms with Crippen LogP contribution in [0.25, 0.3) is 0 Å². The molecular formula is C12H18FGa. The molecule has 0 amide bonds. The van der Waals surface area contributed by atoms with Crippen molar-refractivity contribution in [3.05, 3.63) is 35.4 Å². The first-order valence-corrected chi connectivity index (χ1v) is 9.70. The van der Waals surface area contributed by atoms with E-state index in [0.29, 0.717) is 6.42 Å². The predicted octanol–water partition coefficient (Wildman–Crippen LogP) is 2.96. The van der Waals surface area contributed by atoms with Gasteiger partial charge in [-0.05, 0) is 0 Å². The third-order valence-electron chi connectivity index (χ3n) is 2.50. The van der Waals surface area contributed by atoms with Crippen LogP contribution < -0.4 is 0 Å². The number of benzene rings is 1. The van der Waals surface area contributed by atoms with Crippen molar-refractivity contribution < 1.29 is 4.39 Å². The number of halogens is 1. The molecule has 1 aromatic carbocycles. The number of alkyl halides is 1. The second-order valence-electron chi connectivity index (χ2n) is 3.66. The molecule has 0 aliphatic carbocycles. The van der Waals surface area contributed by atoms with Crippen molar-refractivity contribution in [2.45, 2.75) is 29.7 Å². The van der Waals surface area contributed by atoms with E-state index in [4.69, 9.17) is 0 Å². The Hall–Kier alpha value is -0.214. The standard InChI is InChI=1S/C10H12F.C2H5.Ga.H/c1-9-5-2-3-6-10(9)7-4-8-11;1-2;;/h2-3,5-6H,1,4,7-8H2;1H2,2H3;;. The van der Waals surface area contributed by atoms with E-state index < -0.39 is 0 Å². The zero-order chi connectivity index (χ0) is 10.2. The Kier molecular flexibility index (Phi) is 6.04. The minimum absolute atomic E-state index is 0.191. The van der Waals surface area contributed by atoms with Crippen molar-refractivity contribution >= 4 is 17.4 Å². The maximum atomic E-state index is 12.1. The summed E-state index contributed by atoms with van der Waals surface area (Å²) in [6.45, 7) is 2.09. The van der Waals surface area contributed by atoms with E-state index in [1.54, 1.807) is 0 Å². The monoisotopic (exact) mass is 250 g/mol. The number of rotatable bonds is 6. The summed E-state index contributed by atoms with van der Waals surface area (Å²) < 4.78 is 12.1. The fourth-order valence-corrected chi connectivity index (χ4v) is 4.23. The van der Waals surface area contributed by atoms with Crippen molar-refractivity contribution in [1.29, 1.82) is 0 Å². The first-order chi connectivity index (χ1) is 6.88. The molecule has 0 nitrogen and oxygen atoms in total. The normalized spacial score (nSPS) is 10.1. The van der Waals surface area contributed by atoms with Crippen LogP contribution in [0.4, 0.5) is 4.39 Å². The Morgan fingerprint density at radius 1 is 1.21 bits per heavy atom. The van der Waals surface area contributed by atoms with Gasteiger partial charge in [0.15, 0.2) is 0 Å². The summed E-state index contributed by atoms with van der Waals surface area (Å²) in [6.07, 6.45) is 1.59. The zero-order valence-electron chi connectivity index (χ0n) is 8.93. The molecule has 0 fully saturated rings. The van der Waals surface area contributed by atoms with Crippen LogP contribution in [0.15, 0.2) is 24.3 Å². The molecule has 0 aliphatic rings. The Labute approximate surface area is 93.7 Å². The average Bonchev–Trinajstić information content (AvgIpc) is 2.24. The van der Waals surface area contributed by atoms with Gasteiger partial charge in [-0.2, -0.15) is 0 Å². The van der Waals surface area contributed by atoms with Crippen LogP contribution >= 0.6 is 0 Å². The average molecular weight is 251 g/mol. The van der Waals surface area contributed by atoms with Gasteiger partial charge in [0.1, 0.15) is 0 Å². The molecule has 0 unspecified atom stereocenters. The van der Waals surface area contributed by atoms with Crippen molar-refractivity contribution in [2.75, 3.05) is 6.67 Å². The molecule has 2 heteroatoms. The Balaban J connectivity index is 2.60. The van der Waals surface area contributed by atoms with Gasteiger partial charge >= 0.3 is 93.6 Å². The van der Waals surface area contributed by atoms with Gasteiger partial charge in [-0.3, -0.25) is 0 Å². The summed E-state index contributed by atoms with van der Waals surface area (Å²) in [5, 5.41) is 0. The second-order valence-corrected chi connectivity index (χ2v) is 8.30. The van der Waals surface area contributed by atoms with Crippen LogP contribution in [0.5, 0.6) is 0 Å². The summed E-state index contributed by atoms with van der Waals surface area (Å²) in [7, 11) is 0. The van der Waals surface area contributed by atoms with Crippen LogP contribution in [0, 0.1) is 0 Å². The first kappa shape index (κ1) is 11.9. The van der Waals surface area contributed by atoms with Gasteiger partial charge < -0.3 is 0 Å². The van der Waals surface area contributed by atoms with E-state index in [2.05, 4.69) is 31.2 Å². The minimum atomic E-state index is -0.315. The summed E-state index contributed by atoms with van der Waals surface area (Å²) in [5.74, 6) is 0. The molecule has 0 saturated heterocycles. The molecule has 0 saturated carbocycles. The van der Waals surface area contributed by atoms with E-state index >= 15 is 0 Å². The van der Waals surface area contributed by atoms with Crippen LogP contribution in [0.3, 0.4) is 0 Å². The molecule has 14 heavy (non-hydrogen) atoms. The molecule has 0 heterocycles. The molecule has 0 aliphatic heterocycles. The van der Waals surface area contributed by atoms with E-state index in [0.717, 1.165) is 6.42 Å². The second kappa shape index (κ2) is 7.13. The van der Waals surface area contributed by atoms with Crippen LogP contribution in [-0.4, -0.2) is 24.1 Å². The van der Waals surface area contributed by atoms with Gasteiger partial charge in [0.25, 0.3) is 0 Å². The molecule has 0 aromatic heterocycles. The topological polar surface area (TPSA) is 0 Å². The molecule has 0 radical (unpaired) electrons. The number of hydrogen-bond donors (Lipinski definition) is 0. The number of hydrogen-bond acceptors (Lipinski definition) is 0. The predicted molar refractivity (Wildman–Crippen MR) is 62.1 cm³/mol. The molecule has 1 aromatic rings. The Morgan fingerprint density at radius 2 is 1.93 bits per heavy atom. The summed E-state index contributed by atoms with van der Waals surface area (Å²) in [5.41, 5.74) is 2.87. The van der Waals surface area contributed by atoms with Crippen molar-refractivity contribution in [3.8, 4) is 0 Å². The molecule has 1 rings (SSSR count). The molecular weight excluding hydrogens is 233 g/mol. The third kappa shape index (κ3) is 3.89. The maximum absolute atomic E-state index is 12.1. The molecule has 0 N–H and O–H groups in total. The Morgan fingerprint density at radius 3 is 2.57 bits per heavy atom. The van der Waals surface area contributed by atoms with E-state index in [9.17, 15) is 4.39 Å². The van der Waals surface area contributed by atoms with Crippen molar-refractivity contribution in [1.82, 2.24) is 0 Å². The summed E-state index contributed by atoms with van der Waals surface area (Å²) in [4.78, 5) is 2.73. The number of aryl methyl sites for hydroxylation is 1. The SMILES string of the molecule is C[CH2][GaH][CH2]c1ccccc1CCCF. The fourth-order valence-electron chi connectivity index (χ4n) is 1.67. The van der Waals surface area contributed by atoms with Crippen molar-refractivity contribution in [2.24, 2.45) is 0 Å². The fraction of sp³-hybridized carbons (Fsp3) is 0.500. The van der Waals surface area contributed by atoms with Gasteiger partial charge in [-0.25, -0.2) is 0 Å². The van der Waals surface area contributed by atoms with Crippen LogP contribution in [0.1, 0.15) is 24.5 Å². The van der Waals surface area contributed by atoms with E-state index in [1.165, 1.54) is 21.1 Å². The van der Waals surface area contributed by atoms with Gasteiger partial charge in [0.2, 0.25) is 0 Å². The first-order valence-electron chi connectivity index (χ1n) is 5.51. The summed E-state index contributed by atoms with van der Waals surface area (Å²) in [6, 6.07) is 8.54. The quantitative estimate of drug-likeness (QED) is 0.682. The molecule has 76 valence electrons. The molecule has 0 bridgehead atoms.